The lowest BCUT2D eigenvalue weighted by molar-refractivity contribution is -0.141. The molecule has 2 aromatic rings. The molecule has 0 aliphatic carbocycles. The minimum Gasteiger partial charge on any atom is -0.480 e. The molecular weight excluding hydrogens is 321 g/mol. The van der Waals surface area contributed by atoms with E-state index in [1.807, 2.05) is 50.2 Å². The van der Waals surface area contributed by atoms with Crippen LogP contribution in [0.3, 0.4) is 0 Å². The van der Waals surface area contributed by atoms with E-state index in [9.17, 15) is 14.5 Å². The third kappa shape index (κ3) is 3.77. The standard InChI is InChI=1S/C19H24NO3P/c1-15(2)14-18(19(21)22)20(3)24(23,16-10-6-4-7-11-16)17-12-8-5-9-13-17/h4-13,15,18H,14H2,1-3H3,(H,21,22)/t18-/m0/s1. The van der Waals surface area contributed by atoms with Crippen molar-refractivity contribution in [1.29, 1.82) is 0 Å². The van der Waals surface area contributed by atoms with Gasteiger partial charge in [0.15, 0.2) is 0 Å². The lowest BCUT2D eigenvalue weighted by Gasteiger charge is -2.34. The summed E-state index contributed by atoms with van der Waals surface area (Å²) in [5, 5.41) is 11.0. The third-order valence-electron chi connectivity index (χ3n) is 4.09. The van der Waals surface area contributed by atoms with Gasteiger partial charge in [-0.3, -0.25) is 9.36 Å². The van der Waals surface area contributed by atoms with Crippen LogP contribution in [0.2, 0.25) is 0 Å². The van der Waals surface area contributed by atoms with E-state index in [1.165, 1.54) is 0 Å². The molecule has 24 heavy (non-hydrogen) atoms. The summed E-state index contributed by atoms with van der Waals surface area (Å²) in [5.74, 6) is -0.758. The maximum absolute atomic E-state index is 14.1. The molecule has 128 valence electrons. The van der Waals surface area contributed by atoms with Crippen LogP contribution in [-0.2, 0) is 9.36 Å². The van der Waals surface area contributed by atoms with Gasteiger partial charge in [-0.2, -0.15) is 0 Å². The summed E-state index contributed by atoms with van der Waals surface area (Å²) in [6.07, 6.45) is 0.440. The van der Waals surface area contributed by atoms with E-state index < -0.39 is 19.3 Å². The van der Waals surface area contributed by atoms with E-state index in [0.29, 0.717) is 17.0 Å². The fraction of sp³-hybridized carbons (Fsp3) is 0.316. The van der Waals surface area contributed by atoms with Crippen LogP contribution >= 0.6 is 7.29 Å². The lowest BCUT2D eigenvalue weighted by atomic mass is 10.0. The number of likely N-dealkylation sites (N-methyl/N-ethyl adjacent to an activating group) is 1. The molecule has 0 aliphatic rings. The number of aliphatic carboxylic acids is 1. The molecule has 0 aromatic heterocycles. The minimum atomic E-state index is -3.23. The molecule has 4 nitrogen and oxygen atoms in total. The SMILES string of the molecule is CC(C)C[C@@H](C(=O)O)N(C)P(=O)(c1ccccc1)c1ccccc1. The van der Waals surface area contributed by atoms with Crippen LogP contribution in [0.1, 0.15) is 20.3 Å². The third-order valence-corrected chi connectivity index (χ3v) is 7.25. The van der Waals surface area contributed by atoms with Crippen LogP contribution in [0.15, 0.2) is 60.7 Å². The van der Waals surface area contributed by atoms with Gasteiger partial charge < -0.3 is 5.11 Å². The second kappa shape index (κ2) is 7.78. The summed E-state index contributed by atoms with van der Waals surface area (Å²) >= 11 is 0. The molecule has 0 aliphatic heterocycles. The van der Waals surface area contributed by atoms with Crippen molar-refractivity contribution in [2.45, 2.75) is 26.3 Å². The van der Waals surface area contributed by atoms with Crippen molar-refractivity contribution in [2.75, 3.05) is 7.05 Å². The second-order valence-corrected chi connectivity index (χ2v) is 9.12. The van der Waals surface area contributed by atoms with Crippen LogP contribution < -0.4 is 10.6 Å². The summed E-state index contributed by atoms with van der Waals surface area (Å²) in [5.41, 5.74) is 0. The molecule has 0 radical (unpaired) electrons. The van der Waals surface area contributed by atoms with Gasteiger partial charge in [-0.15, -0.1) is 0 Å². The van der Waals surface area contributed by atoms with E-state index in [1.54, 1.807) is 36.0 Å². The van der Waals surface area contributed by atoms with Crippen LogP contribution in [0.4, 0.5) is 0 Å². The number of carbonyl (C=O) groups is 1. The first kappa shape index (κ1) is 18.4. The summed E-state index contributed by atoms with van der Waals surface area (Å²) in [6, 6.07) is 17.5. The van der Waals surface area contributed by atoms with Gasteiger partial charge in [0.25, 0.3) is 0 Å². The Morgan fingerprint density at radius 3 is 1.75 bits per heavy atom. The monoisotopic (exact) mass is 345 g/mol. The van der Waals surface area contributed by atoms with Crippen molar-refractivity contribution < 1.29 is 14.5 Å². The van der Waals surface area contributed by atoms with Crippen LogP contribution in [0.5, 0.6) is 0 Å². The number of carboxylic acids is 1. The fourth-order valence-electron chi connectivity index (χ4n) is 2.83. The van der Waals surface area contributed by atoms with E-state index in [2.05, 4.69) is 0 Å². The number of carboxylic acid groups (broad SMARTS) is 1. The van der Waals surface area contributed by atoms with Crippen LogP contribution in [-0.4, -0.2) is 28.8 Å². The van der Waals surface area contributed by atoms with Gasteiger partial charge in [0.1, 0.15) is 6.04 Å². The Morgan fingerprint density at radius 2 is 1.42 bits per heavy atom. The highest BCUT2D eigenvalue weighted by molar-refractivity contribution is 7.76. The average Bonchev–Trinajstić information content (AvgIpc) is 2.59. The molecule has 0 heterocycles. The van der Waals surface area contributed by atoms with Crippen molar-refractivity contribution in [1.82, 2.24) is 4.67 Å². The number of nitrogens with zero attached hydrogens (tertiary/aromatic N) is 1. The molecule has 0 bridgehead atoms. The predicted molar refractivity (Wildman–Crippen MR) is 98.4 cm³/mol. The number of hydrogen-bond acceptors (Lipinski definition) is 2. The summed E-state index contributed by atoms with van der Waals surface area (Å²) in [4.78, 5) is 11.8. The molecule has 0 saturated carbocycles. The van der Waals surface area contributed by atoms with Crippen LogP contribution in [0.25, 0.3) is 0 Å². The van der Waals surface area contributed by atoms with Gasteiger partial charge in [0, 0.05) is 10.6 Å². The van der Waals surface area contributed by atoms with Crippen LogP contribution in [0, 0.1) is 5.92 Å². The van der Waals surface area contributed by atoms with Crippen molar-refractivity contribution >= 4 is 23.9 Å². The van der Waals surface area contributed by atoms with Crippen molar-refractivity contribution in [3.8, 4) is 0 Å². The largest absolute Gasteiger partial charge is 0.480 e. The molecule has 2 aromatic carbocycles. The van der Waals surface area contributed by atoms with Gasteiger partial charge in [-0.05, 0) is 43.7 Å². The normalized spacial score (nSPS) is 13.2. The lowest BCUT2D eigenvalue weighted by Crippen LogP contribution is -2.42. The van der Waals surface area contributed by atoms with Gasteiger partial charge in [-0.25, -0.2) is 4.67 Å². The van der Waals surface area contributed by atoms with Gasteiger partial charge in [0.2, 0.25) is 7.29 Å². The molecule has 0 amide bonds. The Kier molecular flexibility index (Phi) is 5.98. The number of benzene rings is 2. The first-order valence-corrected chi connectivity index (χ1v) is 9.70. The minimum absolute atomic E-state index is 0.188. The van der Waals surface area contributed by atoms with Crippen molar-refractivity contribution in [2.24, 2.45) is 5.92 Å². The second-order valence-electron chi connectivity index (χ2n) is 6.30. The van der Waals surface area contributed by atoms with Gasteiger partial charge in [-0.1, -0.05) is 50.2 Å². The quantitative estimate of drug-likeness (QED) is 0.782. The highest BCUT2D eigenvalue weighted by Gasteiger charge is 2.39. The summed E-state index contributed by atoms with van der Waals surface area (Å²) < 4.78 is 15.7. The summed E-state index contributed by atoms with van der Waals surface area (Å²) in [6.45, 7) is 3.94. The Balaban J connectivity index is 2.58. The van der Waals surface area contributed by atoms with E-state index in [-0.39, 0.29) is 5.92 Å². The molecule has 0 unspecified atom stereocenters. The van der Waals surface area contributed by atoms with Gasteiger partial charge in [0.05, 0.1) is 0 Å². The molecule has 0 spiro atoms. The fourth-order valence-corrected chi connectivity index (χ4v) is 5.59. The molecule has 0 saturated heterocycles. The zero-order valence-corrected chi connectivity index (χ0v) is 15.2. The number of hydrogen-bond donors (Lipinski definition) is 1. The van der Waals surface area contributed by atoms with E-state index >= 15 is 0 Å². The predicted octanol–water partition coefficient (Wildman–Crippen LogP) is 3.35. The van der Waals surface area contributed by atoms with Crippen molar-refractivity contribution in [3.05, 3.63) is 60.7 Å². The molecule has 1 atom stereocenters. The number of rotatable bonds is 7. The smallest absolute Gasteiger partial charge is 0.321 e. The zero-order chi connectivity index (χ0) is 17.7. The molecule has 0 fully saturated rings. The molecular formula is C19H24NO3P. The Hall–Kier alpha value is -1.90. The Bertz CT molecular complexity index is 672. The Labute approximate surface area is 143 Å². The highest BCUT2D eigenvalue weighted by atomic mass is 31.2. The highest BCUT2D eigenvalue weighted by Crippen LogP contribution is 2.48. The maximum atomic E-state index is 14.1. The average molecular weight is 345 g/mol. The first-order valence-electron chi connectivity index (χ1n) is 8.04. The maximum Gasteiger partial charge on any atom is 0.321 e. The molecule has 2 rings (SSSR count). The molecule has 5 heteroatoms. The Morgan fingerprint density at radius 1 is 1.00 bits per heavy atom. The first-order chi connectivity index (χ1) is 11.4. The summed E-state index contributed by atoms with van der Waals surface area (Å²) in [7, 11) is -1.57. The molecule has 1 N–H and O–H groups in total. The topological polar surface area (TPSA) is 57.6 Å². The van der Waals surface area contributed by atoms with E-state index in [4.69, 9.17) is 0 Å². The van der Waals surface area contributed by atoms with E-state index in [0.717, 1.165) is 0 Å². The van der Waals surface area contributed by atoms with Gasteiger partial charge >= 0.3 is 5.97 Å². The zero-order valence-electron chi connectivity index (χ0n) is 14.3. The van der Waals surface area contributed by atoms with Crippen molar-refractivity contribution in [3.63, 3.8) is 0 Å².